The molecule has 0 unspecified atom stereocenters. The number of benzene rings is 1. The van der Waals surface area contributed by atoms with Gasteiger partial charge in [-0.3, -0.25) is 0 Å². The standard InChI is InChI=1S/C18H22O4/c19-15-7-3-4-13(10-15)8-9-18(14-5-1-2-6-14)12-16(20)11-17(21)22-18/h3-4,7,10-11,14,19-20H,1-2,5-6,8-9,12H2/t18-/m0/s1. The van der Waals surface area contributed by atoms with Crippen molar-refractivity contribution in [3.8, 4) is 5.75 Å². The highest BCUT2D eigenvalue weighted by Crippen LogP contribution is 2.44. The van der Waals surface area contributed by atoms with Crippen LogP contribution in [0.15, 0.2) is 36.1 Å². The molecule has 0 amide bonds. The molecule has 0 aromatic heterocycles. The van der Waals surface area contributed by atoms with Gasteiger partial charge in [-0.15, -0.1) is 0 Å². The van der Waals surface area contributed by atoms with Gasteiger partial charge in [-0.25, -0.2) is 4.79 Å². The summed E-state index contributed by atoms with van der Waals surface area (Å²) in [6.45, 7) is 0. The van der Waals surface area contributed by atoms with Gasteiger partial charge in [0, 0.05) is 6.42 Å². The van der Waals surface area contributed by atoms with Crippen molar-refractivity contribution in [2.24, 2.45) is 5.92 Å². The lowest BCUT2D eigenvalue weighted by Crippen LogP contribution is -2.44. The predicted molar refractivity (Wildman–Crippen MR) is 82.5 cm³/mol. The first kappa shape index (κ1) is 14.9. The van der Waals surface area contributed by atoms with Crippen molar-refractivity contribution >= 4 is 5.97 Å². The van der Waals surface area contributed by atoms with Gasteiger partial charge in [0.2, 0.25) is 0 Å². The third-order valence-corrected chi connectivity index (χ3v) is 4.92. The number of rotatable bonds is 4. The lowest BCUT2D eigenvalue weighted by Gasteiger charge is -2.40. The van der Waals surface area contributed by atoms with E-state index in [1.165, 1.54) is 6.08 Å². The van der Waals surface area contributed by atoms with Crippen LogP contribution >= 0.6 is 0 Å². The van der Waals surface area contributed by atoms with E-state index in [-0.39, 0.29) is 11.5 Å². The van der Waals surface area contributed by atoms with Gasteiger partial charge < -0.3 is 14.9 Å². The maximum absolute atomic E-state index is 11.8. The van der Waals surface area contributed by atoms with Crippen molar-refractivity contribution in [2.45, 2.75) is 50.5 Å². The number of aryl methyl sites for hydroxylation is 1. The molecule has 1 atom stereocenters. The van der Waals surface area contributed by atoms with Crippen LogP contribution in [0.4, 0.5) is 0 Å². The number of esters is 1. The lowest BCUT2D eigenvalue weighted by atomic mass is 9.77. The molecule has 1 heterocycles. The highest BCUT2D eigenvalue weighted by Gasteiger charge is 2.45. The van der Waals surface area contributed by atoms with E-state index in [9.17, 15) is 15.0 Å². The van der Waals surface area contributed by atoms with Gasteiger partial charge >= 0.3 is 5.97 Å². The van der Waals surface area contributed by atoms with E-state index in [1.54, 1.807) is 12.1 Å². The Morgan fingerprint density at radius 2 is 2.00 bits per heavy atom. The first-order valence-electron chi connectivity index (χ1n) is 7.98. The van der Waals surface area contributed by atoms with Crippen LogP contribution < -0.4 is 0 Å². The number of cyclic esters (lactones) is 1. The summed E-state index contributed by atoms with van der Waals surface area (Å²) in [4.78, 5) is 11.8. The summed E-state index contributed by atoms with van der Waals surface area (Å²) in [5, 5.41) is 19.5. The van der Waals surface area contributed by atoms with E-state index in [1.807, 2.05) is 12.1 Å². The van der Waals surface area contributed by atoms with Crippen LogP contribution in [0, 0.1) is 5.92 Å². The van der Waals surface area contributed by atoms with Gasteiger partial charge in [0.25, 0.3) is 0 Å². The number of aliphatic hydroxyl groups excluding tert-OH is 1. The van der Waals surface area contributed by atoms with Crippen LogP contribution in [-0.2, 0) is 16.0 Å². The zero-order chi connectivity index (χ0) is 15.6. The topological polar surface area (TPSA) is 66.8 Å². The third kappa shape index (κ3) is 3.11. The van der Waals surface area contributed by atoms with Crippen LogP contribution in [0.2, 0.25) is 0 Å². The van der Waals surface area contributed by atoms with Gasteiger partial charge in [0.15, 0.2) is 0 Å². The molecule has 3 rings (SSSR count). The summed E-state index contributed by atoms with van der Waals surface area (Å²) in [7, 11) is 0. The SMILES string of the molecule is O=C1C=C(O)C[C@@](CCc2cccc(O)c2)(C2CCCC2)O1. The van der Waals surface area contributed by atoms with Crippen LogP contribution in [0.3, 0.4) is 0 Å². The van der Waals surface area contributed by atoms with Crippen LogP contribution in [-0.4, -0.2) is 21.8 Å². The van der Waals surface area contributed by atoms with Gasteiger partial charge in [-0.2, -0.15) is 0 Å². The minimum Gasteiger partial charge on any atom is -0.512 e. The molecule has 0 saturated heterocycles. The maximum Gasteiger partial charge on any atom is 0.334 e. The Labute approximate surface area is 130 Å². The summed E-state index contributed by atoms with van der Waals surface area (Å²) in [6, 6.07) is 7.16. The molecule has 1 aromatic carbocycles. The minimum absolute atomic E-state index is 0.124. The number of phenolic OH excluding ortho intramolecular Hbond substituents is 1. The molecule has 1 aliphatic heterocycles. The smallest absolute Gasteiger partial charge is 0.334 e. The number of hydrogen-bond acceptors (Lipinski definition) is 4. The van der Waals surface area contributed by atoms with E-state index in [4.69, 9.17) is 4.74 Å². The predicted octanol–water partition coefficient (Wildman–Crippen LogP) is 3.64. The largest absolute Gasteiger partial charge is 0.512 e. The van der Waals surface area contributed by atoms with Crippen LogP contribution in [0.5, 0.6) is 5.75 Å². The number of hydrogen-bond donors (Lipinski definition) is 2. The van der Waals surface area contributed by atoms with Crippen molar-refractivity contribution in [3.05, 3.63) is 41.7 Å². The molecule has 22 heavy (non-hydrogen) atoms. The van der Waals surface area contributed by atoms with E-state index in [0.717, 1.165) is 31.2 Å². The molecule has 118 valence electrons. The van der Waals surface area contributed by atoms with Crippen molar-refractivity contribution in [1.29, 1.82) is 0 Å². The first-order valence-corrected chi connectivity index (χ1v) is 7.98. The Hall–Kier alpha value is -1.97. The summed E-state index contributed by atoms with van der Waals surface area (Å²) >= 11 is 0. The summed E-state index contributed by atoms with van der Waals surface area (Å²) < 4.78 is 5.74. The van der Waals surface area contributed by atoms with Crippen molar-refractivity contribution in [1.82, 2.24) is 0 Å². The zero-order valence-electron chi connectivity index (χ0n) is 12.6. The molecule has 2 N–H and O–H groups in total. The van der Waals surface area contributed by atoms with Gasteiger partial charge in [-0.05, 0) is 49.3 Å². The van der Waals surface area contributed by atoms with E-state index < -0.39 is 11.6 Å². The summed E-state index contributed by atoms with van der Waals surface area (Å²) in [5.41, 5.74) is 0.417. The fourth-order valence-electron chi connectivity index (χ4n) is 3.85. The Kier molecular flexibility index (Phi) is 4.10. The van der Waals surface area contributed by atoms with Gasteiger partial charge in [0.1, 0.15) is 17.1 Å². The third-order valence-electron chi connectivity index (χ3n) is 4.92. The quantitative estimate of drug-likeness (QED) is 0.833. The average Bonchev–Trinajstić information content (AvgIpc) is 2.99. The molecule has 4 nitrogen and oxygen atoms in total. The Morgan fingerprint density at radius 3 is 2.68 bits per heavy atom. The molecule has 1 saturated carbocycles. The van der Waals surface area contributed by atoms with E-state index >= 15 is 0 Å². The minimum atomic E-state index is -0.599. The fraction of sp³-hybridized carbons (Fsp3) is 0.500. The molecule has 0 spiro atoms. The molecule has 0 radical (unpaired) electrons. The van der Waals surface area contributed by atoms with Crippen molar-refractivity contribution in [3.63, 3.8) is 0 Å². The Morgan fingerprint density at radius 1 is 1.23 bits per heavy atom. The normalized spacial score (nSPS) is 25.8. The van der Waals surface area contributed by atoms with E-state index in [0.29, 0.717) is 25.2 Å². The molecule has 1 fully saturated rings. The number of aliphatic hydroxyl groups is 1. The molecular formula is C18H22O4. The average molecular weight is 302 g/mol. The zero-order valence-corrected chi connectivity index (χ0v) is 12.6. The van der Waals surface area contributed by atoms with Gasteiger partial charge in [0.05, 0.1) is 6.08 Å². The highest BCUT2D eigenvalue weighted by atomic mass is 16.6. The van der Waals surface area contributed by atoms with Crippen molar-refractivity contribution < 1.29 is 19.7 Å². The van der Waals surface area contributed by atoms with E-state index in [2.05, 4.69) is 0 Å². The molecule has 2 aliphatic rings. The number of phenols is 1. The van der Waals surface area contributed by atoms with Gasteiger partial charge in [-0.1, -0.05) is 25.0 Å². The first-order chi connectivity index (χ1) is 10.6. The summed E-state index contributed by atoms with van der Waals surface area (Å²) in [6.07, 6.45) is 7.36. The second-order valence-corrected chi connectivity index (χ2v) is 6.45. The lowest BCUT2D eigenvalue weighted by molar-refractivity contribution is -0.165. The number of ether oxygens (including phenoxy) is 1. The fourth-order valence-corrected chi connectivity index (χ4v) is 3.85. The number of aromatic hydroxyl groups is 1. The molecule has 0 bridgehead atoms. The monoisotopic (exact) mass is 302 g/mol. The van der Waals surface area contributed by atoms with Crippen LogP contribution in [0.1, 0.15) is 44.1 Å². The number of carbonyl (C=O) groups is 1. The molecule has 1 aromatic rings. The van der Waals surface area contributed by atoms with Crippen molar-refractivity contribution in [2.75, 3.05) is 0 Å². The summed E-state index contributed by atoms with van der Waals surface area (Å²) in [5.74, 6) is 0.242. The second-order valence-electron chi connectivity index (χ2n) is 6.45. The molecule has 4 heteroatoms. The molecular weight excluding hydrogens is 280 g/mol. The Balaban J connectivity index is 1.80. The maximum atomic E-state index is 11.8. The Bertz CT molecular complexity index is 587. The number of carbonyl (C=O) groups excluding carboxylic acids is 1. The highest BCUT2D eigenvalue weighted by molar-refractivity contribution is 5.83. The van der Waals surface area contributed by atoms with Crippen LogP contribution in [0.25, 0.3) is 0 Å². The molecule has 1 aliphatic carbocycles. The second kappa shape index (κ2) is 6.03.